The van der Waals surface area contributed by atoms with Crippen molar-refractivity contribution in [2.75, 3.05) is 18.1 Å². The van der Waals surface area contributed by atoms with Crippen LogP contribution in [-0.4, -0.2) is 33.6 Å². The maximum Gasteiger partial charge on any atom is 0.266 e. The van der Waals surface area contributed by atoms with Crippen LogP contribution >= 0.6 is 23.7 Å². The fraction of sp³-hybridized carbons (Fsp3) is 0.222. The number of aryl methyl sites for hydroxylation is 2. The zero-order chi connectivity index (χ0) is 23.3. The Morgan fingerprint density at radius 3 is 2.74 bits per heavy atom. The van der Waals surface area contributed by atoms with Crippen molar-refractivity contribution in [2.24, 2.45) is 0 Å². The van der Waals surface area contributed by atoms with Gasteiger partial charge in [-0.25, -0.2) is 9.97 Å². The number of imidazole rings is 1. The van der Waals surface area contributed by atoms with Crippen molar-refractivity contribution in [1.29, 1.82) is 0 Å². The van der Waals surface area contributed by atoms with E-state index < -0.39 is 0 Å². The van der Waals surface area contributed by atoms with Crippen LogP contribution in [-0.2, 0) is 17.8 Å². The Morgan fingerprint density at radius 1 is 1.09 bits per heavy atom. The molecule has 0 aliphatic rings. The van der Waals surface area contributed by atoms with Crippen molar-refractivity contribution in [3.8, 4) is 5.75 Å². The summed E-state index contributed by atoms with van der Waals surface area (Å²) in [5.74, 6) is 0.580. The third kappa shape index (κ3) is 5.81. The monoisotopic (exact) mass is 506 g/mol. The fourth-order valence-corrected chi connectivity index (χ4v) is 5.00. The average Bonchev–Trinajstić information content (AvgIpc) is 3.54. The molecule has 0 aliphatic carbocycles. The number of amides is 1. The lowest BCUT2D eigenvalue weighted by molar-refractivity contribution is -0.120. The largest absolute Gasteiger partial charge is 0.484 e. The number of carbonyl (C=O) groups is 1. The number of hydrogen-bond donors (Lipinski definition) is 0. The summed E-state index contributed by atoms with van der Waals surface area (Å²) in [6, 6.07) is 20.3. The first-order chi connectivity index (χ1) is 16.7. The number of thiazole rings is 1. The minimum Gasteiger partial charge on any atom is -0.484 e. The minimum atomic E-state index is -0.103. The van der Waals surface area contributed by atoms with Crippen LogP contribution in [0.25, 0.3) is 21.0 Å². The van der Waals surface area contributed by atoms with Crippen LogP contribution in [0.2, 0.25) is 0 Å². The van der Waals surface area contributed by atoms with Crippen LogP contribution in [0.5, 0.6) is 5.75 Å². The molecule has 8 heteroatoms. The smallest absolute Gasteiger partial charge is 0.266 e. The lowest BCUT2D eigenvalue weighted by Gasteiger charge is -2.20. The molecule has 2 heterocycles. The van der Waals surface area contributed by atoms with Crippen LogP contribution in [0.3, 0.4) is 0 Å². The summed E-state index contributed by atoms with van der Waals surface area (Å²) in [6.07, 6.45) is 7.24. The van der Waals surface area contributed by atoms with E-state index in [0.717, 1.165) is 40.4 Å². The molecule has 0 radical (unpaired) electrons. The number of benzene rings is 3. The second-order valence-electron chi connectivity index (χ2n) is 8.15. The van der Waals surface area contributed by atoms with E-state index in [9.17, 15) is 4.79 Å². The molecule has 0 N–H and O–H groups in total. The molecule has 1 amide bonds. The van der Waals surface area contributed by atoms with Crippen molar-refractivity contribution in [3.63, 3.8) is 0 Å². The molecule has 5 aromatic rings. The molecule has 35 heavy (non-hydrogen) atoms. The van der Waals surface area contributed by atoms with Crippen LogP contribution in [0.4, 0.5) is 5.13 Å². The summed E-state index contributed by atoms with van der Waals surface area (Å²) in [5, 5.41) is 2.94. The molecule has 0 bridgehead atoms. The van der Waals surface area contributed by atoms with Crippen LogP contribution in [0, 0.1) is 0 Å². The number of nitrogens with zero attached hydrogens (tertiary/aromatic N) is 4. The maximum absolute atomic E-state index is 13.3. The number of fused-ring (bicyclic) bond motifs is 2. The second-order valence-corrected chi connectivity index (χ2v) is 9.16. The summed E-state index contributed by atoms with van der Waals surface area (Å²) in [4.78, 5) is 23.9. The topological polar surface area (TPSA) is 60.2 Å². The Morgan fingerprint density at radius 2 is 1.94 bits per heavy atom. The van der Waals surface area contributed by atoms with Crippen molar-refractivity contribution < 1.29 is 9.53 Å². The van der Waals surface area contributed by atoms with E-state index in [0.29, 0.717) is 17.4 Å². The van der Waals surface area contributed by atoms with E-state index in [1.54, 1.807) is 28.8 Å². The highest BCUT2D eigenvalue weighted by Gasteiger charge is 2.20. The van der Waals surface area contributed by atoms with E-state index in [2.05, 4.69) is 30.1 Å². The standard InChI is InChI=1S/C27H26N4O2S.ClH/c1-2-20-8-11-24-25(16-20)34-27(29-24)31(14-5-13-30-15-12-28-19-30)26(32)18-33-23-10-9-21-6-3-4-7-22(21)17-23;/h3-4,6-12,15-17,19H,2,5,13-14,18H2,1H3;1H. The van der Waals surface area contributed by atoms with E-state index in [-0.39, 0.29) is 24.9 Å². The second kappa shape index (κ2) is 11.3. The Labute approximate surface area is 214 Å². The van der Waals surface area contributed by atoms with E-state index in [1.807, 2.05) is 53.2 Å². The molecule has 6 nitrogen and oxygen atoms in total. The predicted octanol–water partition coefficient (Wildman–Crippen LogP) is 6.13. The van der Waals surface area contributed by atoms with Crippen molar-refractivity contribution >= 4 is 55.8 Å². The van der Waals surface area contributed by atoms with E-state index in [4.69, 9.17) is 9.72 Å². The molecule has 0 atom stereocenters. The van der Waals surface area contributed by atoms with Gasteiger partial charge in [-0.2, -0.15) is 0 Å². The lowest BCUT2D eigenvalue weighted by Crippen LogP contribution is -2.36. The van der Waals surface area contributed by atoms with Gasteiger partial charge in [0.05, 0.1) is 16.5 Å². The molecule has 2 aromatic heterocycles. The molecular formula is C27H27ClN4O2S. The first kappa shape index (κ1) is 24.7. The number of anilines is 1. The number of rotatable bonds is 9. The molecule has 0 unspecified atom stereocenters. The third-order valence-corrected chi connectivity index (χ3v) is 6.86. The van der Waals surface area contributed by atoms with Gasteiger partial charge in [0.15, 0.2) is 11.7 Å². The van der Waals surface area contributed by atoms with E-state index in [1.165, 1.54) is 5.56 Å². The molecule has 180 valence electrons. The fourth-order valence-electron chi connectivity index (χ4n) is 3.93. The summed E-state index contributed by atoms with van der Waals surface area (Å²) in [6.45, 7) is 3.43. The summed E-state index contributed by atoms with van der Waals surface area (Å²) in [5.41, 5.74) is 2.18. The van der Waals surface area contributed by atoms with Gasteiger partial charge in [-0.3, -0.25) is 9.69 Å². The van der Waals surface area contributed by atoms with Gasteiger partial charge in [0.2, 0.25) is 0 Å². The van der Waals surface area contributed by atoms with Gasteiger partial charge in [-0.05, 0) is 53.4 Å². The van der Waals surface area contributed by atoms with Crippen molar-refractivity contribution in [1.82, 2.24) is 14.5 Å². The molecule has 0 saturated heterocycles. The number of hydrogen-bond acceptors (Lipinski definition) is 5. The highest BCUT2D eigenvalue weighted by Crippen LogP contribution is 2.30. The Kier molecular flexibility index (Phi) is 8.00. The van der Waals surface area contributed by atoms with Gasteiger partial charge in [-0.15, -0.1) is 12.4 Å². The highest BCUT2D eigenvalue weighted by molar-refractivity contribution is 7.22. The predicted molar refractivity (Wildman–Crippen MR) is 145 cm³/mol. The SMILES string of the molecule is CCc1ccc2nc(N(CCCn3ccnc3)C(=O)COc3ccc4ccccc4c3)sc2c1.Cl. The zero-order valence-electron chi connectivity index (χ0n) is 19.5. The van der Waals surface area contributed by atoms with Gasteiger partial charge >= 0.3 is 0 Å². The van der Waals surface area contributed by atoms with Crippen LogP contribution in [0.1, 0.15) is 18.9 Å². The maximum atomic E-state index is 13.3. The van der Waals surface area contributed by atoms with Gasteiger partial charge in [0.1, 0.15) is 5.75 Å². The van der Waals surface area contributed by atoms with Gasteiger partial charge in [0.25, 0.3) is 5.91 Å². The van der Waals surface area contributed by atoms with Gasteiger partial charge in [-0.1, -0.05) is 54.7 Å². The number of aromatic nitrogens is 3. The van der Waals surface area contributed by atoms with Crippen molar-refractivity contribution in [3.05, 3.63) is 84.9 Å². The lowest BCUT2D eigenvalue weighted by atomic mass is 10.1. The Balaban J connectivity index is 0.00000289. The molecular weight excluding hydrogens is 480 g/mol. The third-order valence-electron chi connectivity index (χ3n) is 5.82. The molecule has 0 fully saturated rings. The normalized spacial score (nSPS) is 10.9. The Bertz CT molecular complexity index is 1420. The van der Waals surface area contributed by atoms with Gasteiger partial charge in [0, 0.05) is 25.5 Å². The van der Waals surface area contributed by atoms with Crippen molar-refractivity contribution in [2.45, 2.75) is 26.3 Å². The molecule has 0 aliphatic heterocycles. The first-order valence-electron chi connectivity index (χ1n) is 11.5. The molecule has 0 saturated carbocycles. The van der Waals surface area contributed by atoms with E-state index >= 15 is 0 Å². The molecule has 0 spiro atoms. The first-order valence-corrected chi connectivity index (χ1v) is 12.3. The van der Waals surface area contributed by atoms with Gasteiger partial charge < -0.3 is 9.30 Å². The number of halogens is 1. The minimum absolute atomic E-state index is 0. The summed E-state index contributed by atoms with van der Waals surface area (Å²) >= 11 is 1.55. The summed E-state index contributed by atoms with van der Waals surface area (Å²) < 4.78 is 9.02. The molecule has 5 rings (SSSR count). The molecule has 3 aromatic carbocycles. The number of ether oxygens (including phenoxy) is 1. The highest BCUT2D eigenvalue weighted by atomic mass is 35.5. The summed E-state index contributed by atoms with van der Waals surface area (Å²) in [7, 11) is 0. The van der Waals surface area contributed by atoms with Crippen LogP contribution < -0.4 is 9.64 Å². The Hall–Kier alpha value is -3.42. The zero-order valence-corrected chi connectivity index (χ0v) is 21.1. The van der Waals surface area contributed by atoms with Crippen LogP contribution in [0.15, 0.2) is 79.4 Å². The quantitative estimate of drug-likeness (QED) is 0.241. The average molecular weight is 507 g/mol. The number of carbonyl (C=O) groups excluding carboxylic acids is 1.